The lowest BCUT2D eigenvalue weighted by Gasteiger charge is -2.47. The van der Waals surface area contributed by atoms with Crippen molar-refractivity contribution in [2.24, 2.45) is 0 Å². The standard InChI is InChI=1S/C27H34N2O3/c1-4-28(5-2)25(30)18-22-19-27(32-24-12-7-6-11-23(22)24)13-15-29(16-14-27)26(31)21-10-8-9-20(3)17-21/h6-12,17,22H,4-5,13-16,18-19H2,1-3H3. The van der Waals surface area contributed by atoms with E-state index >= 15 is 0 Å². The number of likely N-dealkylation sites (tertiary alicyclic amines) is 1. The molecule has 1 unspecified atom stereocenters. The maximum absolute atomic E-state index is 13.0. The largest absolute Gasteiger partial charge is 0.487 e. The van der Waals surface area contributed by atoms with Crippen LogP contribution in [0.2, 0.25) is 0 Å². The summed E-state index contributed by atoms with van der Waals surface area (Å²) >= 11 is 0. The number of hydrogen-bond donors (Lipinski definition) is 0. The Labute approximate surface area is 191 Å². The van der Waals surface area contributed by atoms with E-state index in [0.29, 0.717) is 19.5 Å². The second kappa shape index (κ2) is 9.35. The monoisotopic (exact) mass is 434 g/mol. The molecule has 1 atom stereocenters. The first-order valence-electron chi connectivity index (χ1n) is 11.9. The molecule has 0 aliphatic carbocycles. The van der Waals surface area contributed by atoms with Gasteiger partial charge >= 0.3 is 0 Å². The Bertz CT molecular complexity index is 974. The summed E-state index contributed by atoms with van der Waals surface area (Å²) in [6, 6.07) is 15.9. The van der Waals surface area contributed by atoms with E-state index in [1.165, 1.54) is 0 Å². The van der Waals surface area contributed by atoms with Crippen molar-refractivity contribution in [1.29, 1.82) is 0 Å². The minimum absolute atomic E-state index is 0.0908. The molecule has 32 heavy (non-hydrogen) atoms. The zero-order valence-corrected chi connectivity index (χ0v) is 19.5. The summed E-state index contributed by atoms with van der Waals surface area (Å²) in [6.07, 6.45) is 2.91. The highest BCUT2D eigenvalue weighted by Gasteiger charge is 2.44. The van der Waals surface area contributed by atoms with Crippen molar-refractivity contribution in [3.63, 3.8) is 0 Å². The van der Waals surface area contributed by atoms with E-state index in [2.05, 4.69) is 6.07 Å². The maximum atomic E-state index is 13.0. The third-order valence-corrected chi connectivity index (χ3v) is 7.07. The summed E-state index contributed by atoms with van der Waals surface area (Å²) in [7, 11) is 0. The van der Waals surface area contributed by atoms with Crippen LogP contribution in [0.5, 0.6) is 5.75 Å². The lowest BCUT2D eigenvalue weighted by atomic mass is 9.76. The summed E-state index contributed by atoms with van der Waals surface area (Å²) in [5, 5.41) is 0. The summed E-state index contributed by atoms with van der Waals surface area (Å²) in [5.74, 6) is 1.34. The molecule has 4 rings (SSSR count). The number of amides is 2. The summed E-state index contributed by atoms with van der Waals surface area (Å²) in [5.41, 5.74) is 2.67. The lowest BCUT2D eigenvalue weighted by molar-refractivity contribution is -0.131. The smallest absolute Gasteiger partial charge is 0.253 e. The quantitative estimate of drug-likeness (QED) is 0.680. The van der Waals surface area contributed by atoms with Crippen LogP contribution in [0.15, 0.2) is 48.5 Å². The normalized spacial score (nSPS) is 19.2. The van der Waals surface area contributed by atoms with Gasteiger partial charge in [0, 0.05) is 56.9 Å². The van der Waals surface area contributed by atoms with Gasteiger partial charge in [-0.1, -0.05) is 35.9 Å². The van der Waals surface area contributed by atoms with Crippen molar-refractivity contribution in [2.45, 2.75) is 58.0 Å². The first-order chi connectivity index (χ1) is 15.4. The molecule has 2 aliphatic rings. The van der Waals surface area contributed by atoms with Crippen molar-refractivity contribution >= 4 is 11.8 Å². The number of nitrogens with zero attached hydrogens (tertiary/aromatic N) is 2. The van der Waals surface area contributed by atoms with Gasteiger partial charge in [0.2, 0.25) is 5.91 Å². The molecule has 2 aliphatic heterocycles. The predicted molar refractivity (Wildman–Crippen MR) is 126 cm³/mol. The van der Waals surface area contributed by atoms with Gasteiger partial charge in [-0.3, -0.25) is 9.59 Å². The summed E-state index contributed by atoms with van der Waals surface area (Å²) < 4.78 is 6.58. The lowest BCUT2D eigenvalue weighted by Crippen LogP contribution is -2.52. The molecule has 0 aromatic heterocycles. The van der Waals surface area contributed by atoms with Crippen LogP contribution in [0, 0.1) is 6.92 Å². The minimum Gasteiger partial charge on any atom is -0.487 e. The van der Waals surface area contributed by atoms with Crippen LogP contribution in [0.4, 0.5) is 0 Å². The zero-order chi connectivity index (χ0) is 22.7. The highest BCUT2D eigenvalue weighted by molar-refractivity contribution is 5.94. The van der Waals surface area contributed by atoms with E-state index in [4.69, 9.17) is 4.74 Å². The highest BCUT2D eigenvalue weighted by atomic mass is 16.5. The van der Waals surface area contributed by atoms with Crippen molar-refractivity contribution in [2.75, 3.05) is 26.2 Å². The number of rotatable bonds is 5. The molecule has 1 saturated heterocycles. The molecule has 0 saturated carbocycles. The van der Waals surface area contributed by atoms with Crippen LogP contribution in [-0.2, 0) is 4.79 Å². The van der Waals surface area contributed by atoms with Gasteiger partial charge in [-0.2, -0.15) is 0 Å². The topological polar surface area (TPSA) is 49.9 Å². The molecule has 0 N–H and O–H groups in total. The van der Waals surface area contributed by atoms with Gasteiger partial charge in [-0.15, -0.1) is 0 Å². The van der Waals surface area contributed by atoms with E-state index in [1.807, 2.05) is 73.0 Å². The Kier molecular flexibility index (Phi) is 6.54. The molecule has 5 heteroatoms. The molecule has 0 bridgehead atoms. The Hall–Kier alpha value is -2.82. The number of benzene rings is 2. The molecule has 0 radical (unpaired) electrons. The van der Waals surface area contributed by atoms with Gasteiger partial charge < -0.3 is 14.5 Å². The Morgan fingerprint density at radius 2 is 1.78 bits per heavy atom. The SMILES string of the molecule is CCN(CC)C(=O)CC1CC2(CCN(C(=O)c3cccc(C)c3)CC2)Oc2ccccc21. The Morgan fingerprint density at radius 1 is 1.06 bits per heavy atom. The third-order valence-electron chi connectivity index (χ3n) is 7.07. The maximum Gasteiger partial charge on any atom is 0.253 e. The summed E-state index contributed by atoms with van der Waals surface area (Å²) in [6.45, 7) is 8.89. The van der Waals surface area contributed by atoms with Crippen LogP contribution in [0.25, 0.3) is 0 Å². The molecule has 2 heterocycles. The molecule has 1 spiro atoms. The molecule has 2 aromatic rings. The molecule has 2 aromatic carbocycles. The predicted octanol–water partition coefficient (Wildman–Crippen LogP) is 4.79. The number of aryl methyl sites for hydroxylation is 1. The van der Waals surface area contributed by atoms with E-state index in [1.54, 1.807) is 0 Å². The Morgan fingerprint density at radius 3 is 2.47 bits per heavy atom. The first kappa shape index (κ1) is 22.4. The van der Waals surface area contributed by atoms with E-state index in [-0.39, 0.29) is 23.3 Å². The molecular formula is C27H34N2O3. The zero-order valence-electron chi connectivity index (χ0n) is 19.5. The number of fused-ring (bicyclic) bond motifs is 1. The fourth-order valence-electron chi connectivity index (χ4n) is 5.23. The van der Waals surface area contributed by atoms with Gasteiger partial charge in [0.05, 0.1) is 0 Å². The van der Waals surface area contributed by atoms with E-state index in [9.17, 15) is 9.59 Å². The molecule has 170 valence electrons. The van der Waals surface area contributed by atoms with Crippen molar-refractivity contribution in [1.82, 2.24) is 9.80 Å². The van der Waals surface area contributed by atoms with E-state index in [0.717, 1.165) is 54.8 Å². The fourth-order valence-corrected chi connectivity index (χ4v) is 5.23. The first-order valence-corrected chi connectivity index (χ1v) is 11.9. The van der Waals surface area contributed by atoms with Crippen LogP contribution in [0.1, 0.15) is 66.9 Å². The number of piperidine rings is 1. The number of ether oxygens (including phenoxy) is 1. The number of hydrogen-bond acceptors (Lipinski definition) is 3. The second-order valence-corrected chi connectivity index (χ2v) is 9.16. The molecular weight excluding hydrogens is 400 g/mol. The van der Waals surface area contributed by atoms with Crippen molar-refractivity contribution < 1.29 is 14.3 Å². The van der Waals surface area contributed by atoms with Gasteiger partial charge in [-0.05, 0) is 51.0 Å². The average Bonchev–Trinajstić information content (AvgIpc) is 2.80. The third kappa shape index (κ3) is 4.52. The highest BCUT2D eigenvalue weighted by Crippen LogP contribution is 2.46. The molecule has 1 fully saturated rings. The minimum atomic E-state index is -0.314. The molecule has 5 nitrogen and oxygen atoms in total. The van der Waals surface area contributed by atoms with Gasteiger partial charge in [0.25, 0.3) is 5.91 Å². The Balaban J connectivity index is 1.49. The number of carbonyl (C=O) groups excluding carboxylic acids is 2. The van der Waals surface area contributed by atoms with Crippen LogP contribution < -0.4 is 4.74 Å². The fraction of sp³-hybridized carbons (Fsp3) is 0.481. The van der Waals surface area contributed by atoms with Crippen molar-refractivity contribution in [3.05, 3.63) is 65.2 Å². The van der Waals surface area contributed by atoms with Gasteiger partial charge in [0.1, 0.15) is 11.4 Å². The van der Waals surface area contributed by atoms with Crippen LogP contribution >= 0.6 is 0 Å². The van der Waals surface area contributed by atoms with Crippen LogP contribution in [-0.4, -0.2) is 53.4 Å². The average molecular weight is 435 g/mol. The van der Waals surface area contributed by atoms with Gasteiger partial charge in [0.15, 0.2) is 0 Å². The number of carbonyl (C=O) groups is 2. The number of para-hydroxylation sites is 1. The van der Waals surface area contributed by atoms with Crippen LogP contribution in [0.3, 0.4) is 0 Å². The van der Waals surface area contributed by atoms with Crippen molar-refractivity contribution in [3.8, 4) is 5.75 Å². The second-order valence-electron chi connectivity index (χ2n) is 9.16. The van der Waals surface area contributed by atoms with E-state index < -0.39 is 0 Å². The summed E-state index contributed by atoms with van der Waals surface area (Å²) in [4.78, 5) is 29.8. The molecule has 2 amide bonds. The van der Waals surface area contributed by atoms with Gasteiger partial charge in [-0.25, -0.2) is 0 Å².